The molecular weight excluding hydrogens is 491 g/mol. The number of aryl methyl sites for hydroxylation is 1. The SMILES string of the molecule is COCCCNC(=O)c1nc(N[C@H]2CCCC[C@H]2N=C(N)C(C)(C)O)c2cc(C)ccc2n1.Cl.Cl. The third-order valence-electron chi connectivity index (χ3n) is 5.85. The van der Waals surface area contributed by atoms with E-state index in [1.54, 1.807) is 21.0 Å². The number of nitrogens with two attached hydrogens (primary N) is 1. The summed E-state index contributed by atoms with van der Waals surface area (Å²) in [6.45, 7) is 6.34. The molecule has 1 heterocycles. The van der Waals surface area contributed by atoms with Gasteiger partial charge in [0.1, 0.15) is 17.3 Å². The van der Waals surface area contributed by atoms with Crippen LogP contribution in [0.4, 0.5) is 5.82 Å². The van der Waals surface area contributed by atoms with Crippen LogP contribution >= 0.6 is 24.8 Å². The highest BCUT2D eigenvalue weighted by atomic mass is 35.5. The lowest BCUT2D eigenvalue weighted by Gasteiger charge is -2.31. The van der Waals surface area contributed by atoms with E-state index < -0.39 is 5.60 Å². The van der Waals surface area contributed by atoms with Crippen molar-refractivity contribution in [2.45, 2.75) is 70.6 Å². The number of carbonyl (C=O) groups excluding carboxylic acids is 1. The molecule has 1 aliphatic rings. The molecule has 0 saturated heterocycles. The van der Waals surface area contributed by atoms with Gasteiger partial charge >= 0.3 is 0 Å². The van der Waals surface area contributed by atoms with Gasteiger partial charge in [0, 0.05) is 31.7 Å². The van der Waals surface area contributed by atoms with Gasteiger partial charge in [0.2, 0.25) is 5.82 Å². The van der Waals surface area contributed by atoms with Gasteiger partial charge in [0.05, 0.1) is 11.6 Å². The molecule has 2 atom stereocenters. The zero-order valence-electron chi connectivity index (χ0n) is 20.8. The molecule has 0 radical (unpaired) electrons. The highest BCUT2D eigenvalue weighted by Gasteiger charge is 2.28. The van der Waals surface area contributed by atoms with E-state index >= 15 is 0 Å². The molecule has 0 spiro atoms. The van der Waals surface area contributed by atoms with Crippen molar-refractivity contribution in [2.75, 3.05) is 25.6 Å². The maximum Gasteiger partial charge on any atom is 0.289 e. The molecule has 1 fully saturated rings. The number of hydrogen-bond donors (Lipinski definition) is 4. The van der Waals surface area contributed by atoms with Gasteiger partial charge in [-0.15, -0.1) is 24.8 Å². The van der Waals surface area contributed by atoms with Gasteiger partial charge in [0.15, 0.2) is 0 Å². The van der Waals surface area contributed by atoms with Crippen molar-refractivity contribution in [2.24, 2.45) is 10.7 Å². The van der Waals surface area contributed by atoms with Crippen LogP contribution in [-0.2, 0) is 4.74 Å². The smallest absolute Gasteiger partial charge is 0.289 e. The number of aliphatic hydroxyl groups is 1. The van der Waals surface area contributed by atoms with Gasteiger partial charge in [-0.05, 0) is 52.2 Å². The van der Waals surface area contributed by atoms with Crippen LogP contribution in [0, 0.1) is 6.92 Å². The van der Waals surface area contributed by atoms with Crippen LogP contribution in [0.2, 0.25) is 0 Å². The number of methoxy groups -OCH3 is 1. The molecule has 196 valence electrons. The van der Waals surface area contributed by atoms with Crippen molar-refractivity contribution in [3.8, 4) is 0 Å². The number of nitrogens with zero attached hydrogens (tertiary/aromatic N) is 3. The van der Waals surface area contributed by atoms with Crippen LogP contribution in [0.5, 0.6) is 0 Å². The number of halogens is 2. The zero-order valence-corrected chi connectivity index (χ0v) is 22.5. The van der Waals surface area contributed by atoms with E-state index in [0.717, 1.165) is 36.6 Å². The van der Waals surface area contributed by atoms with Crippen LogP contribution in [0.1, 0.15) is 62.1 Å². The van der Waals surface area contributed by atoms with Gasteiger partial charge in [-0.3, -0.25) is 9.79 Å². The summed E-state index contributed by atoms with van der Waals surface area (Å²) in [4.78, 5) is 26.5. The Morgan fingerprint density at radius 2 is 1.97 bits per heavy atom. The normalized spacial score (nSPS) is 18.4. The van der Waals surface area contributed by atoms with Gasteiger partial charge < -0.3 is 26.2 Å². The molecule has 0 unspecified atom stereocenters. The lowest BCUT2D eigenvalue weighted by atomic mass is 9.90. The largest absolute Gasteiger partial charge is 0.385 e. The Morgan fingerprint density at radius 3 is 2.66 bits per heavy atom. The molecule has 1 aromatic carbocycles. The van der Waals surface area contributed by atoms with Crippen molar-refractivity contribution in [1.82, 2.24) is 15.3 Å². The number of ether oxygens (including phenoxy) is 1. The summed E-state index contributed by atoms with van der Waals surface area (Å²) >= 11 is 0. The average molecular weight is 530 g/mol. The second kappa shape index (κ2) is 13.8. The fourth-order valence-electron chi connectivity index (χ4n) is 3.90. The number of aliphatic imine (C=N–C) groups is 1. The summed E-state index contributed by atoms with van der Waals surface area (Å²) in [5.41, 5.74) is 6.67. The Balaban J connectivity index is 0.00000306. The van der Waals surface area contributed by atoms with Crippen molar-refractivity contribution < 1.29 is 14.6 Å². The van der Waals surface area contributed by atoms with Crippen molar-refractivity contribution in [1.29, 1.82) is 0 Å². The third-order valence-corrected chi connectivity index (χ3v) is 5.85. The van der Waals surface area contributed by atoms with Gasteiger partial charge in [-0.1, -0.05) is 24.5 Å². The fraction of sp³-hybridized carbons (Fsp3) is 0.583. The van der Waals surface area contributed by atoms with E-state index in [1.165, 1.54) is 0 Å². The molecule has 9 nitrogen and oxygen atoms in total. The number of anilines is 1. The third kappa shape index (κ3) is 8.45. The van der Waals surface area contributed by atoms with Gasteiger partial charge in [0.25, 0.3) is 5.91 Å². The van der Waals surface area contributed by atoms with E-state index in [2.05, 4.69) is 25.6 Å². The maximum absolute atomic E-state index is 12.7. The minimum atomic E-state index is -1.17. The summed E-state index contributed by atoms with van der Waals surface area (Å²) in [7, 11) is 1.63. The molecule has 1 saturated carbocycles. The molecule has 5 N–H and O–H groups in total. The maximum atomic E-state index is 12.7. The molecule has 1 amide bonds. The Hall–Kier alpha value is -2.20. The number of carbonyl (C=O) groups is 1. The lowest BCUT2D eigenvalue weighted by Crippen LogP contribution is -2.43. The van der Waals surface area contributed by atoms with Crippen LogP contribution in [0.15, 0.2) is 23.2 Å². The van der Waals surface area contributed by atoms with Gasteiger partial charge in [-0.25, -0.2) is 9.97 Å². The highest BCUT2D eigenvalue weighted by molar-refractivity contribution is 5.96. The van der Waals surface area contributed by atoms with E-state index in [0.29, 0.717) is 30.9 Å². The second-order valence-electron chi connectivity index (χ2n) is 9.19. The van der Waals surface area contributed by atoms with Crippen LogP contribution in [0.25, 0.3) is 10.9 Å². The quantitative estimate of drug-likeness (QED) is 0.222. The monoisotopic (exact) mass is 528 g/mol. The molecule has 1 aromatic heterocycles. The predicted octanol–water partition coefficient (Wildman–Crippen LogP) is 3.40. The summed E-state index contributed by atoms with van der Waals surface area (Å²) in [5.74, 6) is 0.639. The molecule has 1 aliphatic carbocycles. The first-order valence-electron chi connectivity index (χ1n) is 11.6. The number of benzene rings is 1. The molecule has 2 aromatic rings. The topological polar surface area (TPSA) is 135 Å². The Bertz CT molecular complexity index is 1010. The first-order chi connectivity index (χ1) is 15.7. The fourth-order valence-corrected chi connectivity index (χ4v) is 3.90. The first-order valence-corrected chi connectivity index (χ1v) is 11.6. The second-order valence-corrected chi connectivity index (χ2v) is 9.19. The Morgan fingerprint density at radius 1 is 1.26 bits per heavy atom. The van der Waals surface area contributed by atoms with Crippen LogP contribution in [-0.4, -0.2) is 64.8 Å². The number of fused-ring (bicyclic) bond motifs is 1. The van der Waals surface area contributed by atoms with Gasteiger partial charge in [-0.2, -0.15) is 0 Å². The molecule has 0 aliphatic heterocycles. The van der Waals surface area contributed by atoms with Crippen LogP contribution in [0.3, 0.4) is 0 Å². The molecule has 35 heavy (non-hydrogen) atoms. The molecule has 0 bridgehead atoms. The number of aromatic nitrogens is 2. The van der Waals surface area contributed by atoms with E-state index in [4.69, 9.17) is 10.5 Å². The zero-order chi connectivity index (χ0) is 24.0. The standard InChI is InChI=1S/C24H36N6O3.2ClH/c1-15-10-11-17-16(14-15)20(30-21(27-17)22(31)26-12-7-13-33-4)28-18-8-5-6-9-19(18)29-23(25)24(2,3)32;;/h10-11,14,18-19,32H,5-9,12-13H2,1-4H3,(H2,25,29)(H,26,31)(H,27,28,30);2*1H/t18-,19+;;/m0../s1. The summed E-state index contributed by atoms with van der Waals surface area (Å²) in [6.07, 6.45) is 4.57. The number of amides is 1. The predicted molar refractivity (Wildman–Crippen MR) is 145 cm³/mol. The Kier molecular flexibility index (Phi) is 12.1. The average Bonchev–Trinajstić information content (AvgIpc) is 2.77. The number of nitrogens with one attached hydrogen (secondary N) is 2. The minimum Gasteiger partial charge on any atom is -0.385 e. The van der Waals surface area contributed by atoms with Crippen molar-refractivity contribution in [3.05, 3.63) is 29.6 Å². The first kappa shape index (κ1) is 30.8. The summed E-state index contributed by atoms with van der Waals surface area (Å²) in [5, 5.41) is 17.5. The van der Waals surface area contributed by atoms with Crippen molar-refractivity contribution in [3.63, 3.8) is 0 Å². The molecule has 3 rings (SSSR count). The van der Waals surface area contributed by atoms with E-state index in [9.17, 15) is 9.90 Å². The molecular formula is C24H38Cl2N6O3. The minimum absolute atomic E-state index is 0. The molecule has 11 heteroatoms. The number of amidine groups is 1. The Labute approximate surface area is 219 Å². The number of rotatable bonds is 9. The van der Waals surface area contributed by atoms with Crippen molar-refractivity contribution >= 4 is 53.3 Å². The summed E-state index contributed by atoms with van der Waals surface area (Å²) < 4.78 is 5.03. The summed E-state index contributed by atoms with van der Waals surface area (Å²) in [6, 6.07) is 5.78. The lowest BCUT2D eigenvalue weighted by molar-refractivity contribution is 0.0938. The van der Waals surface area contributed by atoms with Crippen LogP contribution < -0.4 is 16.4 Å². The van der Waals surface area contributed by atoms with E-state index in [1.807, 2.05) is 25.1 Å². The van der Waals surface area contributed by atoms with E-state index in [-0.39, 0.29) is 54.5 Å². The number of hydrogen-bond acceptors (Lipinski definition) is 7. The highest BCUT2D eigenvalue weighted by Crippen LogP contribution is 2.28.